The Bertz CT molecular complexity index is 409. The third-order valence-electron chi connectivity index (χ3n) is 3.28. The van der Waals surface area contributed by atoms with Crippen LogP contribution in [0.3, 0.4) is 0 Å². The van der Waals surface area contributed by atoms with E-state index in [1.165, 1.54) is 0 Å². The van der Waals surface area contributed by atoms with Crippen molar-refractivity contribution in [2.45, 2.75) is 33.7 Å². The number of nitrogens with zero attached hydrogens (tertiary/aromatic N) is 2. The van der Waals surface area contributed by atoms with Crippen molar-refractivity contribution in [3.05, 3.63) is 24.0 Å². The van der Waals surface area contributed by atoms with Crippen LogP contribution in [0.5, 0.6) is 0 Å². The predicted octanol–water partition coefficient (Wildman–Crippen LogP) is 2.59. The smallest absolute Gasteiger partial charge is 0.106 e. The molecule has 94 valence electrons. The Balaban J connectivity index is 3.12. The summed E-state index contributed by atoms with van der Waals surface area (Å²) in [4.78, 5) is 6.75. The van der Waals surface area contributed by atoms with Crippen molar-refractivity contribution < 1.29 is 0 Å². The lowest BCUT2D eigenvalue weighted by Crippen LogP contribution is -2.40. The number of anilines is 1. The zero-order valence-corrected chi connectivity index (χ0v) is 12.0. The van der Waals surface area contributed by atoms with Gasteiger partial charge in [0.15, 0.2) is 0 Å². The van der Waals surface area contributed by atoms with Gasteiger partial charge in [-0.25, -0.2) is 0 Å². The summed E-state index contributed by atoms with van der Waals surface area (Å²) >= 11 is 5.07. The fourth-order valence-electron chi connectivity index (χ4n) is 1.67. The highest BCUT2D eigenvalue weighted by Gasteiger charge is 2.25. The third kappa shape index (κ3) is 3.16. The molecule has 1 atom stereocenters. The first kappa shape index (κ1) is 13.9. The number of hydrogen-bond acceptors (Lipinski definition) is 3. The summed E-state index contributed by atoms with van der Waals surface area (Å²) < 4.78 is 0. The maximum Gasteiger partial charge on any atom is 0.106 e. The zero-order valence-electron chi connectivity index (χ0n) is 11.2. The summed E-state index contributed by atoms with van der Waals surface area (Å²) in [6.45, 7) is 8.83. The van der Waals surface area contributed by atoms with Crippen molar-refractivity contribution in [1.29, 1.82) is 0 Å². The summed E-state index contributed by atoms with van der Waals surface area (Å²) in [6, 6.07) is 2.23. The molecule has 0 radical (unpaired) electrons. The van der Waals surface area contributed by atoms with E-state index in [1.54, 1.807) is 6.20 Å². The molecule has 1 aromatic rings. The average molecular weight is 251 g/mol. The van der Waals surface area contributed by atoms with Gasteiger partial charge in [0.2, 0.25) is 0 Å². The zero-order chi connectivity index (χ0) is 13.2. The van der Waals surface area contributed by atoms with Crippen LogP contribution in [-0.2, 0) is 0 Å². The molecule has 1 rings (SSSR count). The minimum Gasteiger partial charge on any atom is -0.389 e. The Kier molecular flexibility index (Phi) is 4.09. The first-order chi connectivity index (χ1) is 7.75. The molecule has 0 saturated carbocycles. The predicted molar refractivity (Wildman–Crippen MR) is 77.4 cm³/mol. The van der Waals surface area contributed by atoms with Gasteiger partial charge in [-0.1, -0.05) is 33.0 Å². The number of hydrogen-bond donors (Lipinski definition) is 1. The van der Waals surface area contributed by atoms with Gasteiger partial charge in [-0.05, 0) is 18.4 Å². The van der Waals surface area contributed by atoms with Gasteiger partial charge in [0.25, 0.3) is 0 Å². The number of aromatic nitrogens is 1. The molecule has 0 bridgehead atoms. The van der Waals surface area contributed by atoms with Gasteiger partial charge in [0, 0.05) is 24.8 Å². The Morgan fingerprint density at radius 3 is 2.53 bits per heavy atom. The average Bonchev–Trinajstić information content (AvgIpc) is 2.25. The SMILES string of the molecule is CC(N(C)c1cnccc1C(N)=S)C(C)(C)C. The molecule has 1 heterocycles. The lowest BCUT2D eigenvalue weighted by atomic mass is 9.87. The van der Waals surface area contributed by atoms with Gasteiger partial charge in [0.1, 0.15) is 4.99 Å². The number of nitrogens with two attached hydrogens (primary N) is 1. The van der Waals surface area contributed by atoms with Crippen molar-refractivity contribution in [2.24, 2.45) is 11.1 Å². The first-order valence-corrected chi connectivity index (χ1v) is 6.12. The number of thiocarbonyl (C=S) groups is 1. The summed E-state index contributed by atoms with van der Waals surface area (Å²) in [7, 11) is 2.05. The van der Waals surface area contributed by atoms with E-state index >= 15 is 0 Å². The Morgan fingerprint density at radius 2 is 2.06 bits per heavy atom. The van der Waals surface area contributed by atoms with Gasteiger partial charge < -0.3 is 10.6 Å². The van der Waals surface area contributed by atoms with Crippen molar-refractivity contribution in [1.82, 2.24) is 4.98 Å². The second-order valence-electron chi connectivity index (χ2n) is 5.41. The molecule has 0 aliphatic heterocycles. The van der Waals surface area contributed by atoms with Crippen LogP contribution in [0.1, 0.15) is 33.3 Å². The van der Waals surface area contributed by atoms with Crippen molar-refractivity contribution in [2.75, 3.05) is 11.9 Å². The quantitative estimate of drug-likeness (QED) is 0.839. The van der Waals surface area contributed by atoms with E-state index in [4.69, 9.17) is 18.0 Å². The van der Waals surface area contributed by atoms with Gasteiger partial charge in [0.05, 0.1) is 11.9 Å². The fraction of sp³-hybridized carbons (Fsp3) is 0.538. The highest BCUT2D eigenvalue weighted by atomic mass is 32.1. The van der Waals surface area contributed by atoms with E-state index in [1.807, 2.05) is 12.3 Å². The van der Waals surface area contributed by atoms with Crippen LogP contribution in [0, 0.1) is 5.41 Å². The molecule has 0 aromatic carbocycles. The molecular weight excluding hydrogens is 230 g/mol. The molecule has 4 heteroatoms. The highest BCUT2D eigenvalue weighted by Crippen LogP contribution is 2.28. The van der Waals surface area contributed by atoms with Crippen molar-refractivity contribution in [3.8, 4) is 0 Å². The third-order valence-corrected chi connectivity index (χ3v) is 3.50. The summed E-state index contributed by atoms with van der Waals surface area (Å²) in [5, 5.41) is 0. The molecule has 0 fully saturated rings. The molecule has 1 unspecified atom stereocenters. The van der Waals surface area contributed by atoms with Crippen LogP contribution in [0.15, 0.2) is 18.5 Å². The maximum absolute atomic E-state index is 5.74. The molecule has 1 aromatic heterocycles. The summed E-state index contributed by atoms with van der Waals surface area (Å²) in [6.07, 6.45) is 3.53. The largest absolute Gasteiger partial charge is 0.389 e. The van der Waals surface area contributed by atoms with E-state index in [9.17, 15) is 0 Å². The summed E-state index contributed by atoms with van der Waals surface area (Å²) in [5.74, 6) is 0. The molecule has 0 spiro atoms. The minimum atomic E-state index is 0.179. The van der Waals surface area contributed by atoms with Gasteiger partial charge >= 0.3 is 0 Å². The number of rotatable bonds is 3. The van der Waals surface area contributed by atoms with E-state index in [0.29, 0.717) is 11.0 Å². The molecule has 17 heavy (non-hydrogen) atoms. The second kappa shape index (κ2) is 5.00. The summed E-state index contributed by atoms with van der Waals surface area (Å²) in [5.41, 5.74) is 7.79. The van der Waals surface area contributed by atoms with Gasteiger partial charge in [-0.15, -0.1) is 0 Å². The van der Waals surface area contributed by atoms with Crippen LogP contribution < -0.4 is 10.6 Å². The molecule has 3 nitrogen and oxygen atoms in total. The monoisotopic (exact) mass is 251 g/mol. The molecular formula is C13H21N3S. The number of pyridine rings is 1. The van der Waals surface area contributed by atoms with Gasteiger partial charge in [-0.3, -0.25) is 4.98 Å². The molecule has 0 aliphatic rings. The lowest BCUT2D eigenvalue weighted by Gasteiger charge is -2.37. The van der Waals surface area contributed by atoms with E-state index in [2.05, 4.69) is 44.6 Å². The Morgan fingerprint density at radius 1 is 1.47 bits per heavy atom. The second-order valence-corrected chi connectivity index (χ2v) is 5.85. The molecule has 0 amide bonds. The standard InChI is InChI=1S/C13H21N3S/c1-9(13(2,3)4)16(5)11-8-15-7-6-10(11)12(14)17/h6-9H,1-5H3,(H2,14,17). The highest BCUT2D eigenvalue weighted by molar-refractivity contribution is 7.80. The van der Waals surface area contributed by atoms with Crippen LogP contribution in [-0.4, -0.2) is 23.1 Å². The van der Waals surface area contributed by atoms with Crippen LogP contribution in [0.2, 0.25) is 0 Å². The molecule has 2 N–H and O–H groups in total. The topological polar surface area (TPSA) is 42.2 Å². The molecule has 0 aliphatic carbocycles. The van der Waals surface area contributed by atoms with E-state index < -0.39 is 0 Å². The van der Waals surface area contributed by atoms with Crippen molar-refractivity contribution >= 4 is 22.9 Å². The van der Waals surface area contributed by atoms with Crippen molar-refractivity contribution in [3.63, 3.8) is 0 Å². The maximum atomic E-state index is 5.74. The molecule has 0 saturated heterocycles. The van der Waals surface area contributed by atoms with Crippen LogP contribution in [0.25, 0.3) is 0 Å². The minimum absolute atomic E-state index is 0.179. The van der Waals surface area contributed by atoms with Gasteiger partial charge in [-0.2, -0.15) is 0 Å². The van der Waals surface area contributed by atoms with Crippen LogP contribution in [0.4, 0.5) is 5.69 Å². The van der Waals surface area contributed by atoms with Crippen LogP contribution >= 0.6 is 12.2 Å². The van der Waals surface area contributed by atoms with E-state index in [0.717, 1.165) is 11.3 Å². The first-order valence-electron chi connectivity index (χ1n) is 5.71. The fourth-order valence-corrected chi connectivity index (χ4v) is 1.84. The lowest BCUT2D eigenvalue weighted by molar-refractivity contribution is 0.329. The normalized spacial score (nSPS) is 13.2. The Labute approximate surface area is 109 Å². The Hall–Kier alpha value is -1.16. The van der Waals surface area contributed by atoms with E-state index in [-0.39, 0.29) is 5.41 Å².